The largest absolute Gasteiger partial charge is 0.465 e. The van der Waals surface area contributed by atoms with Crippen molar-refractivity contribution in [3.8, 4) is 0 Å². The molecule has 108 valence electrons. The number of hydrogen-bond acceptors (Lipinski definition) is 3. The average Bonchev–Trinajstić information content (AvgIpc) is 2.80. The third kappa shape index (κ3) is 3.61. The second kappa shape index (κ2) is 5.68. The highest BCUT2D eigenvalue weighted by molar-refractivity contribution is 5.21. The third-order valence-electron chi connectivity index (χ3n) is 4.19. The summed E-state index contributed by atoms with van der Waals surface area (Å²) in [6.45, 7) is 14.1. The van der Waals surface area contributed by atoms with Gasteiger partial charge in [-0.2, -0.15) is 0 Å². The monoisotopic (exact) mass is 264 g/mol. The van der Waals surface area contributed by atoms with Crippen LogP contribution in [0.5, 0.6) is 0 Å². The van der Waals surface area contributed by atoms with Gasteiger partial charge < -0.3 is 9.73 Å². The Balaban J connectivity index is 2.00. The lowest BCUT2D eigenvalue weighted by atomic mass is 10.0. The lowest BCUT2D eigenvalue weighted by molar-refractivity contribution is 0.154. The van der Waals surface area contributed by atoms with Gasteiger partial charge in [0.1, 0.15) is 11.5 Å². The van der Waals surface area contributed by atoms with Crippen LogP contribution in [0.4, 0.5) is 0 Å². The molecule has 1 aromatic rings. The minimum Gasteiger partial charge on any atom is -0.465 e. The maximum absolute atomic E-state index is 5.92. The fourth-order valence-corrected chi connectivity index (χ4v) is 2.80. The van der Waals surface area contributed by atoms with Gasteiger partial charge in [-0.15, -0.1) is 0 Å². The second-order valence-electron chi connectivity index (χ2n) is 6.67. The summed E-state index contributed by atoms with van der Waals surface area (Å²) in [5.41, 5.74) is 1.61. The summed E-state index contributed by atoms with van der Waals surface area (Å²) in [5, 5.41) is 3.45. The molecular weight excluding hydrogens is 236 g/mol. The Kier molecular flexibility index (Phi) is 4.36. The van der Waals surface area contributed by atoms with Crippen molar-refractivity contribution in [3.63, 3.8) is 0 Å². The Bertz CT molecular complexity index is 420. The van der Waals surface area contributed by atoms with Crippen LogP contribution in [0.25, 0.3) is 0 Å². The predicted molar refractivity (Wildman–Crippen MR) is 79.1 cm³/mol. The van der Waals surface area contributed by atoms with Gasteiger partial charge >= 0.3 is 0 Å². The van der Waals surface area contributed by atoms with Crippen molar-refractivity contribution in [1.29, 1.82) is 0 Å². The molecule has 1 aliphatic rings. The van der Waals surface area contributed by atoms with Gasteiger partial charge in [0.25, 0.3) is 0 Å². The summed E-state index contributed by atoms with van der Waals surface area (Å²) < 4.78 is 5.92. The van der Waals surface area contributed by atoms with Crippen molar-refractivity contribution in [1.82, 2.24) is 10.2 Å². The van der Waals surface area contributed by atoms with Crippen molar-refractivity contribution in [2.45, 2.75) is 72.1 Å². The van der Waals surface area contributed by atoms with Gasteiger partial charge in [-0.3, -0.25) is 4.90 Å². The molecule has 0 spiro atoms. The molecule has 2 rings (SSSR count). The molecule has 0 aliphatic carbocycles. The molecule has 0 radical (unpaired) electrons. The van der Waals surface area contributed by atoms with Crippen LogP contribution in [0.2, 0.25) is 0 Å². The third-order valence-corrected chi connectivity index (χ3v) is 4.19. The fraction of sp³-hybridized carbons (Fsp3) is 0.750. The Hall–Kier alpha value is -0.800. The molecular formula is C16H28N2O. The zero-order valence-corrected chi connectivity index (χ0v) is 13.0. The first-order valence-electron chi connectivity index (χ1n) is 7.45. The van der Waals surface area contributed by atoms with Crippen LogP contribution in [-0.4, -0.2) is 23.0 Å². The van der Waals surface area contributed by atoms with E-state index in [9.17, 15) is 0 Å². The number of furan rings is 1. The van der Waals surface area contributed by atoms with Crippen molar-refractivity contribution < 1.29 is 4.42 Å². The van der Waals surface area contributed by atoms with Crippen LogP contribution < -0.4 is 5.32 Å². The van der Waals surface area contributed by atoms with Crippen molar-refractivity contribution >= 4 is 0 Å². The topological polar surface area (TPSA) is 28.4 Å². The van der Waals surface area contributed by atoms with Gasteiger partial charge in [0, 0.05) is 23.7 Å². The highest BCUT2D eigenvalue weighted by Crippen LogP contribution is 2.30. The first-order valence-corrected chi connectivity index (χ1v) is 7.45. The van der Waals surface area contributed by atoms with Crippen molar-refractivity contribution in [2.75, 3.05) is 6.54 Å². The summed E-state index contributed by atoms with van der Waals surface area (Å²) in [6, 6.07) is 2.73. The second-order valence-corrected chi connectivity index (χ2v) is 6.67. The highest BCUT2D eigenvalue weighted by atomic mass is 16.3. The van der Waals surface area contributed by atoms with Gasteiger partial charge in [0.2, 0.25) is 0 Å². The zero-order chi connectivity index (χ0) is 14.0. The van der Waals surface area contributed by atoms with Gasteiger partial charge in [0.15, 0.2) is 0 Å². The van der Waals surface area contributed by atoms with E-state index in [4.69, 9.17) is 4.42 Å². The van der Waals surface area contributed by atoms with Gasteiger partial charge in [0.05, 0.1) is 6.54 Å². The maximum Gasteiger partial charge on any atom is 0.118 e. The molecule has 0 unspecified atom stereocenters. The Morgan fingerprint density at radius 2 is 2.16 bits per heavy atom. The molecule has 1 N–H and O–H groups in total. The Morgan fingerprint density at radius 3 is 2.74 bits per heavy atom. The summed E-state index contributed by atoms with van der Waals surface area (Å²) in [7, 11) is 0. The molecule has 0 bridgehead atoms. The number of likely N-dealkylation sites (tertiary alicyclic amines) is 1. The molecule has 0 amide bonds. The summed E-state index contributed by atoms with van der Waals surface area (Å²) >= 11 is 0. The molecule has 19 heavy (non-hydrogen) atoms. The first-order chi connectivity index (χ1) is 8.88. The van der Waals surface area contributed by atoms with Crippen LogP contribution in [0.15, 0.2) is 10.5 Å². The minimum absolute atomic E-state index is 0.317. The van der Waals surface area contributed by atoms with Crippen LogP contribution in [0.1, 0.15) is 57.6 Å². The van der Waals surface area contributed by atoms with E-state index in [1.165, 1.54) is 24.9 Å². The van der Waals surface area contributed by atoms with E-state index in [1.807, 2.05) is 0 Å². The van der Waals surface area contributed by atoms with Crippen molar-refractivity contribution in [2.24, 2.45) is 0 Å². The van der Waals surface area contributed by atoms with Crippen LogP contribution in [0.3, 0.4) is 0 Å². The molecule has 1 aromatic heterocycles. The molecule has 1 fully saturated rings. The quantitative estimate of drug-likeness (QED) is 0.883. The Morgan fingerprint density at radius 1 is 1.42 bits per heavy atom. The SMILES string of the molecule is Cc1oc(CN2CCCC2(C)C)cc1CNC(C)C. The maximum atomic E-state index is 5.92. The minimum atomic E-state index is 0.317. The van der Waals surface area contributed by atoms with Gasteiger partial charge in [-0.05, 0) is 46.2 Å². The summed E-state index contributed by atoms with van der Waals surface area (Å²) in [4.78, 5) is 2.53. The number of nitrogens with zero attached hydrogens (tertiary/aromatic N) is 1. The van der Waals surface area contributed by atoms with Gasteiger partial charge in [-0.1, -0.05) is 13.8 Å². The van der Waals surface area contributed by atoms with E-state index in [0.29, 0.717) is 11.6 Å². The van der Waals surface area contributed by atoms with E-state index in [1.54, 1.807) is 0 Å². The zero-order valence-electron chi connectivity index (χ0n) is 13.0. The van der Waals surface area contributed by atoms with Crippen LogP contribution in [0, 0.1) is 6.92 Å². The summed E-state index contributed by atoms with van der Waals surface area (Å²) in [5.74, 6) is 2.16. The predicted octanol–water partition coefficient (Wildman–Crippen LogP) is 3.46. The van der Waals surface area contributed by atoms with E-state index < -0.39 is 0 Å². The van der Waals surface area contributed by atoms with Crippen LogP contribution in [-0.2, 0) is 13.1 Å². The Labute approximate surface area is 117 Å². The van der Waals surface area contributed by atoms with E-state index in [2.05, 4.69) is 50.9 Å². The average molecular weight is 264 g/mol. The summed E-state index contributed by atoms with van der Waals surface area (Å²) in [6.07, 6.45) is 2.59. The number of aryl methyl sites for hydroxylation is 1. The molecule has 3 heteroatoms. The number of rotatable bonds is 5. The van der Waals surface area contributed by atoms with E-state index in [-0.39, 0.29) is 0 Å². The molecule has 1 aliphatic heterocycles. The lowest BCUT2D eigenvalue weighted by Crippen LogP contribution is -2.37. The molecule has 0 saturated carbocycles. The normalized spacial score (nSPS) is 19.5. The van der Waals surface area contributed by atoms with Crippen molar-refractivity contribution in [3.05, 3.63) is 23.2 Å². The highest BCUT2D eigenvalue weighted by Gasteiger charge is 2.32. The first kappa shape index (κ1) is 14.6. The number of nitrogens with one attached hydrogen (secondary N) is 1. The molecule has 2 heterocycles. The van der Waals surface area contributed by atoms with Gasteiger partial charge in [-0.25, -0.2) is 0 Å². The van der Waals surface area contributed by atoms with E-state index in [0.717, 1.165) is 24.6 Å². The molecule has 1 saturated heterocycles. The smallest absolute Gasteiger partial charge is 0.118 e. The van der Waals surface area contributed by atoms with E-state index >= 15 is 0 Å². The lowest BCUT2D eigenvalue weighted by Gasteiger charge is -2.30. The molecule has 0 atom stereocenters. The number of hydrogen-bond donors (Lipinski definition) is 1. The van der Waals surface area contributed by atoms with Crippen LogP contribution >= 0.6 is 0 Å². The molecule has 0 aromatic carbocycles. The standard InChI is InChI=1S/C16H28N2O/c1-12(2)17-10-14-9-15(19-13(14)3)11-18-8-6-7-16(18,4)5/h9,12,17H,6-8,10-11H2,1-5H3. The fourth-order valence-electron chi connectivity index (χ4n) is 2.80. The molecule has 3 nitrogen and oxygen atoms in total.